The van der Waals surface area contributed by atoms with Crippen LogP contribution in [0.5, 0.6) is 17.6 Å². The van der Waals surface area contributed by atoms with Gasteiger partial charge in [0, 0.05) is 36.1 Å². The molecule has 0 radical (unpaired) electrons. The molecule has 4 aromatic rings. The molecule has 0 saturated carbocycles. The lowest BCUT2D eigenvalue weighted by Gasteiger charge is -2.32. The number of benzene rings is 2. The summed E-state index contributed by atoms with van der Waals surface area (Å²) in [5.74, 6) is 1.61. The molecule has 2 aromatic carbocycles. The van der Waals surface area contributed by atoms with Crippen LogP contribution in [0.3, 0.4) is 0 Å². The second kappa shape index (κ2) is 11.0. The minimum Gasteiger partial charge on any atom is -0.508 e. The van der Waals surface area contributed by atoms with E-state index in [1.807, 2.05) is 0 Å². The molecular weight excluding hydrogens is 578 g/mol. The molecule has 3 unspecified atom stereocenters. The van der Waals surface area contributed by atoms with Gasteiger partial charge in [0.25, 0.3) is 0 Å². The van der Waals surface area contributed by atoms with Gasteiger partial charge in [-0.3, -0.25) is 4.90 Å². The standard InChI is InChI=1S/C34H34F2N6O3/c1-3-22-24(35)9-8-19-16-21(43)17-23(27(19)22)30-29(36)31-28-32-39-34(38-31)45-26(25-6-4-11-40(25)2)7-5-12-41-13-10-20(18-41)42(32)14-15-44-33(28)37-30/h1,8-9,16-17,20,25-26,43H,4-7,10-15,18H2,2H3/t20?,25-,26?/m0/s1. The Morgan fingerprint density at radius 2 is 1.87 bits per heavy atom. The molecule has 2 saturated heterocycles. The Bertz CT molecular complexity index is 1880. The molecular formula is C34H34F2N6O3. The highest BCUT2D eigenvalue weighted by atomic mass is 19.1. The lowest BCUT2D eigenvalue weighted by atomic mass is 9.95. The molecule has 0 amide bonds. The Balaban J connectivity index is 1.38. The molecule has 2 aromatic heterocycles. The molecule has 11 heteroatoms. The largest absolute Gasteiger partial charge is 0.508 e. The smallest absolute Gasteiger partial charge is 0.319 e. The number of aromatic hydroxyl groups is 1. The van der Waals surface area contributed by atoms with Crippen molar-refractivity contribution in [3.05, 3.63) is 41.5 Å². The molecule has 232 valence electrons. The maximum atomic E-state index is 17.0. The third kappa shape index (κ3) is 4.70. The summed E-state index contributed by atoms with van der Waals surface area (Å²) < 4.78 is 44.8. The SMILES string of the molecule is C#Cc1c(F)ccc2cc(O)cc(-c3nc4c5c6nc(nc5c3F)OC([C@@H]3CCCN3C)CCCN3CCC(C3)N6CCO4)c12. The Labute approximate surface area is 259 Å². The van der Waals surface area contributed by atoms with Crippen LogP contribution in [0.1, 0.15) is 37.7 Å². The maximum absolute atomic E-state index is 17.0. The first-order valence-electron chi connectivity index (χ1n) is 15.7. The van der Waals surface area contributed by atoms with Crippen molar-refractivity contribution in [3.8, 4) is 41.2 Å². The number of terminal acetylenes is 1. The highest BCUT2D eigenvalue weighted by Gasteiger charge is 2.37. The van der Waals surface area contributed by atoms with Crippen LogP contribution in [-0.4, -0.2) is 94.4 Å². The third-order valence-electron chi connectivity index (χ3n) is 9.92. The van der Waals surface area contributed by atoms with Crippen molar-refractivity contribution in [1.29, 1.82) is 0 Å². The number of phenolic OH excluding ortho intramolecular Hbond substituents is 1. The number of hydrogen-bond acceptors (Lipinski definition) is 9. The van der Waals surface area contributed by atoms with Crippen molar-refractivity contribution >= 4 is 27.5 Å². The van der Waals surface area contributed by atoms with Crippen LogP contribution < -0.4 is 14.4 Å². The molecule has 4 atom stereocenters. The number of likely N-dealkylation sites (N-methyl/N-ethyl adjacent to an activating group) is 1. The molecule has 4 aliphatic heterocycles. The van der Waals surface area contributed by atoms with Crippen molar-refractivity contribution in [2.75, 3.05) is 51.3 Å². The number of phenols is 1. The van der Waals surface area contributed by atoms with Gasteiger partial charge in [-0.2, -0.15) is 9.97 Å². The van der Waals surface area contributed by atoms with E-state index in [9.17, 15) is 9.50 Å². The molecule has 4 bridgehead atoms. The normalized spacial score (nSPS) is 25.0. The van der Waals surface area contributed by atoms with Crippen LogP contribution in [0, 0.1) is 24.0 Å². The van der Waals surface area contributed by atoms with Gasteiger partial charge in [0.05, 0.1) is 12.1 Å². The average Bonchev–Trinajstić information content (AvgIpc) is 3.63. The number of hydrogen-bond donors (Lipinski definition) is 1. The molecule has 8 rings (SSSR count). The molecule has 45 heavy (non-hydrogen) atoms. The van der Waals surface area contributed by atoms with E-state index in [1.165, 1.54) is 24.3 Å². The Morgan fingerprint density at radius 1 is 1.00 bits per heavy atom. The second-order valence-electron chi connectivity index (χ2n) is 12.6. The van der Waals surface area contributed by atoms with E-state index in [1.54, 1.807) is 0 Å². The van der Waals surface area contributed by atoms with Crippen LogP contribution in [0.2, 0.25) is 0 Å². The first-order valence-corrected chi connectivity index (χ1v) is 15.7. The Morgan fingerprint density at radius 3 is 2.69 bits per heavy atom. The van der Waals surface area contributed by atoms with Crippen molar-refractivity contribution in [3.63, 3.8) is 0 Å². The van der Waals surface area contributed by atoms with Crippen LogP contribution in [0.4, 0.5) is 14.6 Å². The minimum absolute atomic E-state index is 0.00231. The average molecular weight is 613 g/mol. The predicted octanol–water partition coefficient (Wildman–Crippen LogP) is 4.72. The van der Waals surface area contributed by atoms with E-state index in [0.29, 0.717) is 29.7 Å². The number of halogens is 2. The monoisotopic (exact) mass is 612 g/mol. The number of fused-ring (bicyclic) bond motifs is 5. The molecule has 0 aliphatic carbocycles. The second-order valence-corrected chi connectivity index (χ2v) is 12.6. The van der Waals surface area contributed by atoms with Gasteiger partial charge < -0.3 is 24.4 Å². The fraction of sp³-hybridized carbons (Fsp3) is 0.441. The van der Waals surface area contributed by atoms with Crippen molar-refractivity contribution in [2.24, 2.45) is 0 Å². The van der Waals surface area contributed by atoms with Gasteiger partial charge in [-0.05, 0) is 75.8 Å². The van der Waals surface area contributed by atoms with Gasteiger partial charge in [0.2, 0.25) is 5.88 Å². The zero-order valence-corrected chi connectivity index (χ0v) is 25.1. The zero-order valence-electron chi connectivity index (χ0n) is 25.1. The third-order valence-corrected chi connectivity index (χ3v) is 9.92. The molecule has 0 spiro atoms. The molecule has 4 aliphatic rings. The number of aromatic nitrogens is 3. The molecule has 2 fully saturated rings. The fourth-order valence-electron chi connectivity index (χ4n) is 7.76. The van der Waals surface area contributed by atoms with Gasteiger partial charge in [0.15, 0.2) is 5.82 Å². The van der Waals surface area contributed by atoms with Crippen LogP contribution in [-0.2, 0) is 0 Å². The summed E-state index contributed by atoms with van der Waals surface area (Å²) in [4.78, 5) is 21.3. The predicted molar refractivity (Wildman–Crippen MR) is 167 cm³/mol. The van der Waals surface area contributed by atoms with E-state index in [-0.39, 0.29) is 63.6 Å². The summed E-state index contributed by atoms with van der Waals surface area (Å²) in [6, 6.07) is 6.03. The first kappa shape index (κ1) is 28.2. The summed E-state index contributed by atoms with van der Waals surface area (Å²) in [6.45, 7) is 4.70. The van der Waals surface area contributed by atoms with Gasteiger partial charge in [0.1, 0.15) is 46.7 Å². The summed E-state index contributed by atoms with van der Waals surface area (Å²) in [7, 11) is 2.12. The lowest BCUT2D eigenvalue weighted by molar-refractivity contribution is 0.0862. The van der Waals surface area contributed by atoms with E-state index in [0.717, 1.165) is 58.3 Å². The molecule has 1 N–H and O–H groups in total. The van der Waals surface area contributed by atoms with Crippen LogP contribution in [0.15, 0.2) is 24.3 Å². The van der Waals surface area contributed by atoms with E-state index in [2.05, 4.69) is 32.7 Å². The summed E-state index contributed by atoms with van der Waals surface area (Å²) in [5.41, 5.74) is -0.0445. The summed E-state index contributed by atoms with van der Waals surface area (Å²) in [5, 5.41) is 11.7. The number of anilines is 1. The lowest BCUT2D eigenvalue weighted by Crippen LogP contribution is -2.42. The van der Waals surface area contributed by atoms with E-state index >= 15 is 4.39 Å². The van der Waals surface area contributed by atoms with E-state index < -0.39 is 11.6 Å². The van der Waals surface area contributed by atoms with Crippen LogP contribution in [0.25, 0.3) is 32.9 Å². The highest BCUT2D eigenvalue weighted by molar-refractivity contribution is 6.04. The van der Waals surface area contributed by atoms with Gasteiger partial charge >= 0.3 is 6.01 Å². The molecule has 9 nitrogen and oxygen atoms in total. The van der Waals surface area contributed by atoms with Gasteiger partial charge in [-0.25, -0.2) is 13.8 Å². The van der Waals surface area contributed by atoms with Crippen LogP contribution >= 0.6 is 0 Å². The van der Waals surface area contributed by atoms with E-state index in [4.69, 9.17) is 25.9 Å². The highest BCUT2D eigenvalue weighted by Crippen LogP contribution is 2.43. The van der Waals surface area contributed by atoms with Crippen molar-refractivity contribution in [2.45, 2.75) is 50.3 Å². The topological polar surface area (TPSA) is 87.1 Å². The Hall–Kier alpha value is -4.27. The zero-order chi connectivity index (χ0) is 30.8. The van der Waals surface area contributed by atoms with Crippen molar-refractivity contribution in [1.82, 2.24) is 24.8 Å². The van der Waals surface area contributed by atoms with Gasteiger partial charge in [-0.1, -0.05) is 12.0 Å². The number of rotatable bonds is 2. The number of ether oxygens (including phenoxy) is 2. The summed E-state index contributed by atoms with van der Waals surface area (Å²) in [6.07, 6.45) is 10.4. The minimum atomic E-state index is -0.749. The quantitative estimate of drug-likeness (QED) is 0.323. The number of likely N-dealkylation sites (tertiary alicyclic amines) is 1. The van der Waals surface area contributed by atoms with Gasteiger partial charge in [-0.15, -0.1) is 6.42 Å². The number of pyridine rings is 1. The summed E-state index contributed by atoms with van der Waals surface area (Å²) >= 11 is 0. The molecule has 6 heterocycles. The first-order chi connectivity index (χ1) is 21.9. The Kier molecular flexibility index (Phi) is 6.88. The van der Waals surface area contributed by atoms with Crippen molar-refractivity contribution < 1.29 is 23.4 Å². The number of nitrogens with zero attached hydrogens (tertiary/aromatic N) is 6. The maximum Gasteiger partial charge on any atom is 0.319 e. The fourth-order valence-corrected chi connectivity index (χ4v) is 7.76.